The van der Waals surface area contributed by atoms with Gasteiger partial charge in [0.15, 0.2) is 0 Å². The van der Waals surface area contributed by atoms with E-state index in [0.717, 1.165) is 55.6 Å². The van der Waals surface area contributed by atoms with Gasteiger partial charge in [0.1, 0.15) is 0 Å². The monoisotopic (exact) mass is 913 g/mol. The molecule has 0 bridgehead atoms. The Hall–Kier alpha value is -9.43. The van der Waals surface area contributed by atoms with Gasteiger partial charge in [-0.2, -0.15) is 0 Å². The maximum atomic E-state index is 4.94. The highest BCUT2D eigenvalue weighted by atomic mass is 14.7. The SMILES string of the molecule is c1ccc(-c2c(-c3ccccc3)c(-c3ccccc3)c(-c3cccc(-c4c5ccccc5c(-c5cccc(-c6nccc7ccccc67)c5)c5ccccc45)c3)c(-c3ccccc3)c2-c2ccccc2)cc1. The van der Waals surface area contributed by atoms with Crippen molar-refractivity contribution in [1.82, 2.24) is 4.98 Å². The van der Waals surface area contributed by atoms with Gasteiger partial charge in [-0.15, -0.1) is 0 Å². The van der Waals surface area contributed by atoms with Gasteiger partial charge in [0.2, 0.25) is 0 Å². The minimum absolute atomic E-state index is 0.990. The molecule has 0 saturated carbocycles. The second kappa shape index (κ2) is 18.5. The van der Waals surface area contributed by atoms with E-state index in [-0.39, 0.29) is 0 Å². The fourth-order valence-electron chi connectivity index (χ4n) is 11.3. The van der Waals surface area contributed by atoms with Crippen LogP contribution in [-0.2, 0) is 0 Å². The van der Waals surface area contributed by atoms with Crippen LogP contribution < -0.4 is 0 Å². The summed E-state index contributed by atoms with van der Waals surface area (Å²) in [6.07, 6.45) is 1.92. The average Bonchev–Trinajstić information content (AvgIpc) is 3.46. The second-order valence-corrected chi connectivity index (χ2v) is 18.5. The topological polar surface area (TPSA) is 12.9 Å². The molecule has 72 heavy (non-hydrogen) atoms. The Morgan fingerprint density at radius 3 is 0.819 bits per heavy atom. The molecule has 0 fully saturated rings. The van der Waals surface area contributed by atoms with Crippen LogP contribution in [0.15, 0.2) is 285 Å². The van der Waals surface area contributed by atoms with E-state index in [1.807, 2.05) is 6.20 Å². The Balaban J connectivity index is 1.13. The van der Waals surface area contributed by atoms with Crippen molar-refractivity contribution < 1.29 is 0 Å². The van der Waals surface area contributed by atoms with E-state index in [4.69, 9.17) is 4.98 Å². The zero-order valence-electron chi connectivity index (χ0n) is 39.6. The highest BCUT2D eigenvalue weighted by Gasteiger charge is 2.29. The zero-order chi connectivity index (χ0) is 47.8. The fourth-order valence-corrected chi connectivity index (χ4v) is 11.3. The van der Waals surface area contributed by atoms with E-state index in [1.165, 1.54) is 77.0 Å². The smallest absolute Gasteiger partial charge is 0.0780 e. The predicted molar refractivity (Wildman–Crippen MR) is 306 cm³/mol. The Morgan fingerprint density at radius 2 is 0.444 bits per heavy atom. The first-order valence-corrected chi connectivity index (χ1v) is 24.8. The van der Waals surface area contributed by atoms with Gasteiger partial charge in [-0.3, -0.25) is 4.98 Å². The lowest BCUT2D eigenvalue weighted by molar-refractivity contribution is 1.36. The first-order valence-electron chi connectivity index (χ1n) is 24.8. The standard InChI is InChI=1S/C71H47N/c1-6-25-49(26-7-1)65-66(50-27-8-2-9-28-50)68(52-31-12-4-13-32-52)70(69(53-33-14-5-15-34-53)67(65)51-29-10-3-11-30-51)56-37-22-35-54(46-56)63-59-40-18-20-42-61(59)64(62-43-21-19-41-60(62)63)55-36-23-38-57(47-55)71-58-39-17-16-24-48(58)44-45-72-71/h1-47H. The van der Waals surface area contributed by atoms with E-state index in [2.05, 4.69) is 279 Å². The third-order valence-electron chi connectivity index (χ3n) is 14.3. The van der Waals surface area contributed by atoms with Crippen molar-refractivity contribution in [2.24, 2.45) is 0 Å². The Bertz CT molecular complexity index is 3940. The number of hydrogen-bond acceptors (Lipinski definition) is 1. The molecule has 0 N–H and O–H groups in total. The Morgan fingerprint density at radius 1 is 0.181 bits per heavy atom. The third-order valence-corrected chi connectivity index (χ3v) is 14.3. The number of benzene rings is 12. The lowest BCUT2D eigenvalue weighted by atomic mass is 9.74. The molecule has 12 aromatic carbocycles. The number of fused-ring (bicyclic) bond motifs is 3. The van der Waals surface area contributed by atoms with Gasteiger partial charge in [0.25, 0.3) is 0 Å². The lowest BCUT2D eigenvalue weighted by Crippen LogP contribution is -2.02. The van der Waals surface area contributed by atoms with Crippen LogP contribution in [0.25, 0.3) is 133 Å². The van der Waals surface area contributed by atoms with E-state index >= 15 is 0 Å². The van der Waals surface area contributed by atoms with Gasteiger partial charge < -0.3 is 0 Å². The van der Waals surface area contributed by atoms with Crippen molar-refractivity contribution in [3.8, 4) is 100 Å². The summed E-state index contributed by atoms with van der Waals surface area (Å²) in [7, 11) is 0. The number of hydrogen-bond donors (Lipinski definition) is 0. The zero-order valence-corrected chi connectivity index (χ0v) is 39.6. The van der Waals surface area contributed by atoms with E-state index in [9.17, 15) is 0 Å². The summed E-state index contributed by atoms with van der Waals surface area (Å²) in [5.41, 5.74) is 21.0. The van der Waals surface area contributed by atoms with Crippen LogP contribution in [0.4, 0.5) is 0 Å². The molecule has 0 unspecified atom stereocenters. The number of rotatable bonds is 9. The molecule has 0 aliphatic heterocycles. The van der Waals surface area contributed by atoms with Gasteiger partial charge in [-0.25, -0.2) is 0 Å². The summed E-state index contributed by atoms with van der Waals surface area (Å²) < 4.78 is 0. The highest BCUT2D eigenvalue weighted by Crippen LogP contribution is 2.56. The molecule has 1 heteroatoms. The molecule has 0 aliphatic carbocycles. The molecule has 0 saturated heterocycles. The van der Waals surface area contributed by atoms with Crippen LogP contribution in [0.5, 0.6) is 0 Å². The van der Waals surface area contributed by atoms with E-state index in [0.29, 0.717) is 0 Å². The van der Waals surface area contributed by atoms with Gasteiger partial charge >= 0.3 is 0 Å². The normalized spacial score (nSPS) is 11.3. The van der Waals surface area contributed by atoms with Crippen molar-refractivity contribution in [1.29, 1.82) is 0 Å². The number of nitrogens with zero attached hydrogens (tertiary/aromatic N) is 1. The van der Waals surface area contributed by atoms with Crippen LogP contribution in [0, 0.1) is 0 Å². The molecule has 13 aromatic rings. The third kappa shape index (κ3) is 7.48. The molecule has 0 spiro atoms. The average molecular weight is 914 g/mol. The van der Waals surface area contributed by atoms with Gasteiger partial charge in [-0.1, -0.05) is 261 Å². The molecular weight excluding hydrogens is 867 g/mol. The van der Waals surface area contributed by atoms with E-state index < -0.39 is 0 Å². The van der Waals surface area contributed by atoms with E-state index in [1.54, 1.807) is 0 Å². The first-order chi connectivity index (χ1) is 35.8. The van der Waals surface area contributed by atoms with Crippen molar-refractivity contribution in [3.63, 3.8) is 0 Å². The Labute approximate surface area is 420 Å². The molecule has 13 rings (SSSR count). The largest absolute Gasteiger partial charge is 0.256 e. The first kappa shape index (κ1) is 42.7. The number of aromatic nitrogens is 1. The maximum absolute atomic E-state index is 4.94. The second-order valence-electron chi connectivity index (χ2n) is 18.5. The van der Waals surface area contributed by atoms with Gasteiger partial charge in [0.05, 0.1) is 5.69 Å². The molecule has 1 aromatic heterocycles. The summed E-state index contributed by atoms with van der Waals surface area (Å²) >= 11 is 0. The predicted octanol–water partition coefficient (Wildman–Crippen LogP) is 19.5. The molecule has 1 heterocycles. The summed E-state index contributed by atoms with van der Waals surface area (Å²) in [4.78, 5) is 4.94. The minimum atomic E-state index is 0.990. The molecule has 0 aliphatic rings. The quantitative estimate of drug-likeness (QED) is 0.132. The summed E-state index contributed by atoms with van der Waals surface area (Å²) in [5, 5.41) is 7.16. The van der Waals surface area contributed by atoms with Crippen LogP contribution in [-0.4, -0.2) is 4.98 Å². The summed E-state index contributed by atoms with van der Waals surface area (Å²) in [6.45, 7) is 0. The molecular formula is C71H47N. The molecule has 336 valence electrons. The molecule has 0 radical (unpaired) electrons. The van der Waals surface area contributed by atoms with Crippen LogP contribution in [0.3, 0.4) is 0 Å². The fraction of sp³-hybridized carbons (Fsp3) is 0. The van der Waals surface area contributed by atoms with Crippen LogP contribution >= 0.6 is 0 Å². The van der Waals surface area contributed by atoms with Crippen LogP contribution in [0.1, 0.15) is 0 Å². The number of pyridine rings is 1. The summed E-state index contributed by atoms with van der Waals surface area (Å²) in [5.74, 6) is 0. The van der Waals surface area contributed by atoms with Crippen LogP contribution in [0.2, 0.25) is 0 Å². The highest BCUT2D eigenvalue weighted by molar-refractivity contribution is 6.22. The summed E-state index contributed by atoms with van der Waals surface area (Å²) in [6, 6.07) is 102. The van der Waals surface area contributed by atoms with Crippen molar-refractivity contribution >= 4 is 32.3 Å². The van der Waals surface area contributed by atoms with Crippen molar-refractivity contribution in [2.75, 3.05) is 0 Å². The molecule has 0 atom stereocenters. The van der Waals surface area contributed by atoms with Crippen molar-refractivity contribution in [2.45, 2.75) is 0 Å². The van der Waals surface area contributed by atoms with Gasteiger partial charge in [-0.05, 0) is 134 Å². The minimum Gasteiger partial charge on any atom is -0.256 e. The lowest BCUT2D eigenvalue weighted by Gasteiger charge is -2.29. The van der Waals surface area contributed by atoms with Gasteiger partial charge in [0, 0.05) is 17.1 Å². The Kier molecular flexibility index (Phi) is 10.9. The van der Waals surface area contributed by atoms with Crippen molar-refractivity contribution in [3.05, 3.63) is 285 Å². The maximum Gasteiger partial charge on any atom is 0.0780 e. The molecule has 0 amide bonds. The molecule has 1 nitrogen and oxygen atoms in total.